The summed E-state index contributed by atoms with van der Waals surface area (Å²) in [7, 11) is 1.68. The second kappa shape index (κ2) is 7.79. The topological polar surface area (TPSA) is 47.3 Å². The standard InChI is InChI=1S/C20H22N2O2/c1-3-17-9-10-19(24-17)14-22-20(16-7-5-11-21-13-16)15-6-4-8-18(12-15)23-2/h4-13,20,22H,3,14H2,1-2H3. The smallest absolute Gasteiger partial charge is 0.119 e. The van der Waals surface area contributed by atoms with Crippen molar-refractivity contribution in [1.82, 2.24) is 10.3 Å². The number of rotatable bonds is 7. The SMILES string of the molecule is CCc1ccc(CNC(c2cccnc2)c2cccc(OC)c2)o1. The normalized spacial score (nSPS) is 12.1. The largest absolute Gasteiger partial charge is 0.497 e. The second-order valence-corrected chi connectivity index (χ2v) is 5.60. The molecule has 4 nitrogen and oxygen atoms in total. The molecule has 0 saturated carbocycles. The first-order valence-electron chi connectivity index (χ1n) is 8.15. The van der Waals surface area contributed by atoms with Crippen LogP contribution in [-0.4, -0.2) is 12.1 Å². The molecule has 124 valence electrons. The number of nitrogens with zero attached hydrogens (tertiary/aromatic N) is 1. The van der Waals surface area contributed by atoms with Gasteiger partial charge in [-0.05, 0) is 41.5 Å². The van der Waals surface area contributed by atoms with E-state index in [1.54, 1.807) is 13.3 Å². The maximum Gasteiger partial charge on any atom is 0.119 e. The van der Waals surface area contributed by atoms with Crippen LogP contribution in [0, 0.1) is 0 Å². The van der Waals surface area contributed by atoms with E-state index in [0.717, 1.165) is 34.8 Å². The summed E-state index contributed by atoms with van der Waals surface area (Å²) < 4.78 is 11.2. The number of benzene rings is 1. The van der Waals surface area contributed by atoms with Gasteiger partial charge in [0.1, 0.15) is 17.3 Å². The van der Waals surface area contributed by atoms with Gasteiger partial charge >= 0.3 is 0 Å². The number of hydrogen-bond donors (Lipinski definition) is 1. The van der Waals surface area contributed by atoms with Crippen LogP contribution < -0.4 is 10.1 Å². The van der Waals surface area contributed by atoms with Gasteiger partial charge in [0.2, 0.25) is 0 Å². The molecule has 3 aromatic rings. The maximum atomic E-state index is 5.80. The highest BCUT2D eigenvalue weighted by molar-refractivity contribution is 5.36. The molecule has 24 heavy (non-hydrogen) atoms. The fourth-order valence-electron chi connectivity index (χ4n) is 2.71. The number of aromatic nitrogens is 1. The summed E-state index contributed by atoms with van der Waals surface area (Å²) >= 11 is 0. The molecule has 0 fully saturated rings. The molecule has 0 radical (unpaired) electrons. The molecule has 0 bridgehead atoms. The number of ether oxygens (including phenoxy) is 1. The Hall–Kier alpha value is -2.59. The minimum Gasteiger partial charge on any atom is -0.497 e. The number of methoxy groups -OCH3 is 1. The molecule has 0 aliphatic rings. The second-order valence-electron chi connectivity index (χ2n) is 5.60. The van der Waals surface area contributed by atoms with Crippen LogP contribution in [-0.2, 0) is 13.0 Å². The molecule has 0 spiro atoms. The number of pyridine rings is 1. The van der Waals surface area contributed by atoms with Gasteiger partial charge in [-0.1, -0.05) is 25.1 Å². The Morgan fingerprint density at radius 2 is 1.92 bits per heavy atom. The van der Waals surface area contributed by atoms with Crippen molar-refractivity contribution in [1.29, 1.82) is 0 Å². The predicted molar refractivity (Wildman–Crippen MR) is 94.0 cm³/mol. The molecule has 2 aromatic heterocycles. The highest BCUT2D eigenvalue weighted by Crippen LogP contribution is 2.25. The van der Waals surface area contributed by atoms with Crippen LogP contribution in [0.1, 0.15) is 35.6 Å². The maximum absolute atomic E-state index is 5.80. The van der Waals surface area contributed by atoms with E-state index in [-0.39, 0.29) is 6.04 Å². The van der Waals surface area contributed by atoms with Crippen molar-refractivity contribution in [3.05, 3.63) is 83.6 Å². The third kappa shape index (κ3) is 3.84. The lowest BCUT2D eigenvalue weighted by Crippen LogP contribution is -2.22. The number of furan rings is 1. The molecular formula is C20H22N2O2. The summed E-state index contributed by atoms with van der Waals surface area (Å²) in [5.41, 5.74) is 2.23. The Labute approximate surface area is 142 Å². The van der Waals surface area contributed by atoms with Gasteiger partial charge in [0.25, 0.3) is 0 Å². The zero-order valence-corrected chi connectivity index (χ0v) is 14.0. The summed E-state index contributed by atoms with van der Waals surface area (Å²) in [6, 6.07) is 16.2. The Bertz CT molecular complexity index is 768. The van der Waals surface area contributed by atoms with E-state index in [9.17, 15) is 0 Å². The van der Waals surface area contributed by atoms with Gasteiger partial charge in [-0.15, -0.1) is 0 Å². The Balaban J connectivity index is 1.84. The lowest BCUT2D eigenvalue weighted by atomic mass is 10.00. The average Bonchev–Trinajstić information content (AvgIpc) is 3.11. The van der Waals surface area contributed by atoms with Crippen LogP contribution in [0.5, 0.6) is 5.75 Å². The molecule has 3 rings (SSSR count). The van der Waals surface area contributed by atoms with Crippen molar-refractivity contribution in [3.8, 4) is 5.75 Å². The molecule has 4 heteroatoms. The molecule has 1 unspecified atom stereocenters. The first kappa shape index (κ1) is 16.3. The van der Waals surface area contributed by atoms with E-state index < -0.39 is 0 Å². The first-order valence-corrected chi connectivity index (χ1v) is 8.15. The number of aryl methyl sites for hydroxylation is 1. The average molecular weight is 322 g/mol. The van der Waals surface area contributed by atoms with Gasteiger partial charge in [0.05, 0.1) is 19.7 Å². The summed E-state index contributed by atoms with van der Waals surface area (Å²) in [6.45, 7) is 2.74. The molecular weight excluding hydrogens is 300 g/mol. The van der Waals surface area contributed by atoms with Crippen molar-refractivity contribution in [2.45, 2.75) is 25.9 Å². The fraction of sp³-hybridized carbons (Fsp3) is 0.250. The molecule has 0 aliphatic carbocycles. The van der Waals surface area contributed by atoms with E-state index in [1.165, 1.54) is 0 Å². The van der Waals surface area contributed by atoms with E-state index in [2.05, 4.69) is 29.4 Å². The first-order chi connectivity index (χ1) is 11.8. The van der Waals surface area contributed by atoms with Crippen molar-refractivity contribution in [2.75, 3.05) is 7.11 Å². The highest BCUT2D eigenvalue weighted by Gasteiger charge is 2.15. The van der Waals surface area contributed by atoms with E-state index in [1.807, 2.05) is 42.6 Å². The monoisotopic (exact) mass is 322 g/mol. The molecule has 1 aromatic carbocycles. The number of nitrogens with one attached hydrogen (secondary N) is 1. The van der Waals surface area contributed by atoms with E-state index >= 15 is 0 Å². The summed E-state index contributed by atoms with van der Waals surface area (Å²) in [5.74, 6) is 2.78. The lowest BCUT2D eigenvalue weighted by Gasteiger charge is -2.19. The zero-order valence-electron chi connectivity index (χ0n) is 14.0. The van der Waals surface area contributed by atoms with Crippen LogP contribution in [0.15, 0.2) is 65.3 Å². The van der Waals surface area contributed by atoms with Crippen LogP contribution in [0.25, 0.3) is 0 Å². The fourth-order valence-corrected chi connectivity index (χ4v) is 2.71. The Morgan fingerprint density at radius 1 is 1.08 bits per heavy atom. The molecule has 0 amide bonds. The minimum atomic E-state index is 0.0176. The molecule has 0 aliphatic heterocycles. The minimum absolute atomic E-state index is 0.0176. The van der Waals surface area contributed by atoms with Crippen molar-refractivity contribution in [3.63, 3.8) is 0 Å². The molecule has 1 atom stereocenters. The zero-order chi connectivity index (χ0) is 16.8. The molecule has 0 saturated heterocycles. The summed E-state index contributed by atoms with van der Waals surface area (Å²) in [4.78, 5) is 4.25. The Morgan fingerprint density at radius 3 is 2.62 bits per heavy atom. The van der Waals surface area contributed by atoms with Crippen LogP contribution in [0.3, 0.4) is 0 Å². The van der Waals surface area contributed by atoms with Gasteiger partial charge in [-0.25, -0.2) is 0 Å². The van der Waals surface area contributed by atoms with Crippen LogP contribution in [0.2, 0.25) is 0 Å². The lowest BCUT2D eigenvalue weighted by molar-refractivity contribution is 0.412. The Kier molecular flexibility index (Phi) is 5.29. The third-order valence-electron chi connectivity index (χ3n) is 3.99. The number of hydrogen-bond acceptors (Lipinski definition) is 4. The van der Waals surface area contributed by atoms with Crippen molar-refractivity contribution >= 4 is 0 Å². The van der Waals surface area contributed by atoms with Crippen molar-refractivity contribution < 1.29 is 9.15 Å². The highest BCUT2D eigenvalue weighted by atomic mass is 16.5. The predicted octanol–water partition coefficient (Wildman–Crippen LogP) is 4.12. The quantitative estimate of drug-likeness (QED) is 0.710. The third-order valence-corrected chi connectivity index (χ3v) is 3.99. The molecule has 2 heterocycles. The van der Waals surface area contributed by atoms with E-state index in [4.69, 9.17) is 9.15 Å². The van der Waals surface area contributed by atoms with Gasteiger partial charge in [-0.2, -0.15) is 0 Å². The van der Waals surface area contributed by atoms with Crippen LogP contribution >= 0.6 is 0 Å². The van der Waals surface area contributed by atoms with Crippen LogP contribution in [0.4, 0.5) is 0 Å². The summed E-state index contributed by atoms with van der Waals surface area (Å²) in [5, 5.41) is 3.57. The van der Waals surface area contributed by atoms with E-state index in [0.29, 0.717) is 6.54 Å². The van der Waals surface area contributed by atoms with Gasteiger partial charge < -0.3 is 9.15 Å². The van der Waals surface area contributed by atoms with Gasteiger partial charge in [0.15, 0.2) is 0 Å². The van der Waals surface area contributed by atoms with Crippen molar-refractivity contribution in [2.24, 2.45) is 0 Å². The van der Waals surface area contributed by atoms with Gasteiger partial charge in [-0.3, -0.25) is 10.3 Å². The summed E-state index contributed by atoms with van der Waals surface area (Å²) in [6.07, 6.45) is 4.57. The van der Waals surface area contributed by atoms with Gasteiger partial charge in [0, 0.05) is 18.8 Å². The molecule has 1 N–H and O–H groups in total.